The van der Waals surface area contributed by atoms with Crippen LogP contribution in [0.2, 0.25) is 0 Å². The first-order valence-corrected chi connectivity index (χ1v) is 24.0. The van der Waals surface area contributed by atoms with Crippen molar-refractivity contribution in [1.29, 1.82) is 0 Å². The maximum Gasteiger partial charge on any atom is 0.329 e. The number of nitrogens with one attached hydrogen (secondary N) is 2. The molecule has 5 fully saturated rings. The second-order valence-electron chi connectivity index (χ2n) is 18.7. The van der Waals surface area contributed by atoms with E-state index in [1.807, 2.05) is 9.80 Å². The highest BCUT2D eigenvalue weighted by molar-refractivity contribution is 7.89. The van der Waals surface area contributed by atoms with Gasteiger partial charge in [-0.1, -0.05) is 6.92 Å². The number of fused-ring (bicyclic) bond motifs is 3. The molecule has 2 aliphatic carbocycles. The zero-order valence-corrected chi connectivity index (χ0v) is 37.0. The number of aromatic nitrogens is 6. The van der Waals surface area contributed by atoms with Crippen LogP contribution in [-0.4, -0.2) is 133 Å². The second-order valence-corrected chi connectivity index (χ2v) is 20.7. The Morgan fingerprint density at radius 3 is 2.47 bits per heavy atom. The number of hydrogen-bond donors (Lipinski definition) is 3. The van der Waals surface area contributed by atoms with Gasteiger partial charge in [0.1, 0.15) is 22.3 Å². The number of aryl methyl sites for hydroxylation is 1. The maximum atomic E-state index is 16.2. The molecule has 0 bridgehead atoms. The van der Waals surface area contributed by atoms with Gasteiger partial charge in [0, 0.05) is 95.9 Å². The number of halogens is 1. The largest absolute Gasteiger partial charge is 0.393 e. The zero-order chi connectivity index (χ0) is 44.7. The summed E-state index contributed by atoms with van der Waals surface area (Å²) < 4.78 is 49.4. The highest BCUT2D eigenvalue weighted by Crippen LogP contribution is 2.57. The van der Waals surface area contributed by atoms with E-state index in [1.54, 1.807) is 29.2 Å². The summed E-state index contributed by atoms with van der Waals surface area (Å²) in [6, 6.07) is 2.29. The monoisotopic (exact) mass is 902 g/mol. The molecule has 3 unspecified atom stereocenters. The van der Waals surface area contributed by atoms with E-state index in [9.17, 15) is 32.7 Å². The topological polar surface area (TPSA) is 213 Å². The number of carbonyl (C=O) groups is 3. The van der Waals surface area contributed by atoms with Crippen LogP contribution in [0, 0.1) is 11.7 Å². The fourth-order valence-corrected chi connectivity index (χ4v) is 12.2. The quantitative estimate of drug-likeness (QED) is 0.184. The predicted molar refractivity (Wildman–Crippen MR) is 233 cm³/mol. The van der Waals surface area contributed by atoms with E-state index < -0.39 is 50.9 Å². The number of amides is 3. The van der Waals surface area contributed by atoms with E-state index in [-0.39, 0.29) is 47.2 Å². The Balaban J connectivity index is 0.714. The Morgan fingerprint density at radius 1 is 0.984 bits per heavy atom. The third-order valence-electron chi connectivity index (χ3n) is 14.4. The lowest BCUT2D eigenvalue weighted by Crippen LogP contribution is -2.48. The maximum absolute atomic E-state index is 16.2. The summed E-state index contributed by atoms with van der Waals surface area (Å²) in [6.45, 7) is 6.42. The molecule has 2 saturated carbocycles. The molecule has 3 aromatic heterocycles. The molecule has 4 atom stereocenters. The number of anilines is 3. The van der Waals surface area contributed by atoms with Crippen LogP contribution in [0.4, 0.5) is 21.8 Å². The van der Waals surface area contributed by atoms with E-state index in [0.29, 0.717) is 88.0 Å². The third-order valence-corrected chi connectivity index (χ3v) is 16.2. The Hall–Kier alpha value is -5.25. The van der Waals surface area contributed by atoms with Crippen molar-refractivity contribution in [2.24, 2.45) is 13.0 Å². The number of benzene rings is 1. The minimum absolute atomic E-state index is 0.0514. The van der Waals surface area contributed by atoms with Gasteiger partial charge in [-0.3, -0.25) is 43.3 Å². The Morgan fingerprint density at radius 2 is 1.75 bits per heavy atom. The predicted octanol–water partition coefficient (Wildman–Crippen LogP) is 1.85. The summed E-state index contributed by atoms with van der Waals surface area (Å²) in [5.41, 5.74) is 0.631. The minimum atomic E-state index is -3.78. The molecule has 1 spiro atoms. The summed E-state index contributed by atoms with van der Waals surface area (Å²) in [5.74, 6) is -0.218. The average molecular weight is 903 g/mol. The van der Waals surface area contributed by atoms with Crippen LogP contribution in [0.15, 0.2) is 40.4 Å². The minimum Gasteiger partial charge on any atom is -0.393 e. The van der Waals surface area contributed by atoms with Crippen molar-refractivity contribution in [2.45, 2.75) is 112 Å². The fraction of sp³-hybridized carbons (Fsp3) is 0.605. The molecule has 7 heterocycles. The van der Waals surface area contributed by atoms with Crippen LogP contribution in [-0.2, 0) is 43.4 Å². The van der Waals surface area contributed by atoms with Crippen molar-refractivity contribution in [3.63, 3.8) is 0 Å². The van der Waals surface area contributed by atoms with Gasteiger partial charge in [0.25, 0.3) is 0 Å². The number of nitrogens with zero attached hydrogens (tertiary/aromatic N) is 10. The summed E-state index contributed by atoms with van der Waals surface area (Å²) in [5, 5.41) is 20.5. The van der Waals surface area contributed by atoms with Crippen LogP contribution < -0.4 is 26.1 Å². The van der Waals surface area contributed by atoms with Gasteiger partial charge in [-0.2, -0.15) is 14.4 Å². The van der Waals surface area contributed by atoms with Crippen LogP contribution in [0.25, 0.3) is 11.0 Å². The number of carbonyl (C=O) groups excluding carboxylic acids is 3. The van der Waals surface area contributed by atoms with Crippen molar-refractivity contribution in [1.82, 2.24) is 43.4 Å². The Labute approximate surface area is 369 Å². The Bertz CT molecular complexity index is 2680. The number of aliphatic hydroxyl groups excluding tert-OH is 1. The smallest absolute Gasteiger partial charge is 0.329 e. The van der Waals surface area contributed by atoms with E-state index >= 15 is 4.39 Å². The van der Waals surface area contributed by atoms with Crippen molar-refractivity contribution in [3.8, 4) is 0 Å². The molecule has 4 aromatic rings. The van der Waals surface area contributed by atoms with Gasteiger partial charge < -0.3 is 15.3 Å². The number of piperidine rings is 2. The van der Waals surface area contributed by atoms with Crippen LogP contribution >= 0.6 is 0 Å². The summed E-state index contributed by atoms with van der Waals surface area (Å²) in [6.07, 6.45) is 10.3. The number of imidazole rings is 1. The van der Waals surface area contributed by atoms with E-state index in [1.165, 1.54) is 26.7 Å². The van der Waals surface area contributed by atoms with Crippen LogP contribution in [0.1, 0.15) is 82.7 Å². The lowest BCUT2D eigenvalue weighted by molar-refractivity contribution is -0.135. The summed E-state index contributed by atoms with van der Waals surface area (Å²) in [7, 11) is -2.30. The highest BCUT2D eigenvalue weighted by Gasteiger charge is 2.61. The van der Waals surface area contributed by atoms with Crippen molar-refractivity contribution in [2.75, 3.05) is 60.9 Å². The Kier molecular flexibility index (Phi) is 10.9. The molecule has 0 radical (unpaired) electrons. The molecule has 10 rings (SSSR count). The van der Waals surface area contributed by atoms with Gasteiger partial charge in [-0.05, 0) is 75.8 Å². The molecular weight excluding hydrogens is 848 g/mol. The third kappa shape index (κ3) is 7.46. The molecule has 4 aliphatic heterocycles. The fourth-order valence-electron chi connectivity index (χ4n) is 10.8. The molecule has 3 saturated heterocycles. The molecule has 1 aromatic carbocycles. The molecule has 3 N–H and O–H groups in total. The van der Waals surface area contributed by atoms with Gasteiger partial charge in [0.15, 0.2) is 5.82 Å². The van der Waals surface area contributed by atoms with Gasteiger partial charge in [-0.15, -0.1) is 0 Å². The standard InChI is InChI=1S/C43H55FN12O7S/c1-26(23-51-16-18-52(19-17-51)32-6-7-33-37(36(32)44)50(2)42(61)56(33)34-8-9-35(58)48-39(34)59)24-53-25-30(21-46-53)64(62,63)54-14-10-27(11-15-54)47-41-45-22-31-38(49-41)55(40(60)43(31)12-13-43)28-4-3-5-29(57)20-28/h6-7,21-22,25-29,34,57H,3-5,8-20,23-24H2,1-2H3,(H,45,47,49)(H,48,58,59)/t26?,28?,29-,34?/m1/s1. The molecule has 19 nitrogen and oxygen atoms in total. The molecule has 64 heavy (non-hydrogen) atoms. The zero-order valence-electron chi connectivity index (χ0n) is 36.2. The van der Waals surface area contributed by atoms with Crippen molar-refractivity contribution in [3.05, 3.63) is 52.6 Å². The van der Waals surface area contributed by atoms with Gasteiger partial charge in [-0.25, -0.2) is 22.6 Å². The first-order valence-electron chi connectivity index (χ1n) is 22.6. The molecule has 6 aliphatic rings. The van der Waals surface area contributed by atoms with Gasteiger partial charge in [0.2, 0.25) is 33.7 Å². The van der Waals surface area contributed by atoms with Gasteiger partial charge in [0.05, 0.1) is 28.9 Å². The number of aliphatic hydroxyl groups is 1. The molecule has 21 heteroatoms. The first kappa shape index (κ1) is 42.7. The van der Waals surface area contributed by atoms with Crippen molar-refractivity contribution < 1.29 is 32.3 Å². The number of imide groups is 1. The average Bonchev–Trinajstić information content (AvgIpc) is 3.78. The van der Waals surface area contributed by atoms with E-state index in [2.05, 4.69) is 32.5 Å². The lowest BCUT2D eigenvalue weighted by Gasteiger charge is -2.37. The normalized spacial score (nSPS) is 25.0. The first-order chi connectivity index (χ1) is 30.7. The summed E-state index contributed by atoms with van der Waals surface area (Å²) >= 11 is 0. The number of hydrogen-bond acceptors (Lipinski definition) is 13. The van der Waals surface area contributed by atoms with E-state index in [4.69, 9.17) is 4.98 Å². The lowest BCUT2D eigenvalue weighted by atomic mass is 9.92. The second kappa shape index (κ2) is 16.3. The number of sulfonamides is 1. The van der Waals surface area contributed by atoms with E-state index in [0.717, 1.165) is 44.2 Å². The molecule has 342 valence electrons. The number of piperazine rings is 1. The molecular formula is C43H55FN12O7S. The van der Waals surface area contributed by atoms with Crippen molar-refractivity contribution >= 4 is 56.2 Å². The van der Waals surface area contributed by atoms with Crippen LogP contribution in [0.3, 0.4) is 0 Å². The number of rotatable bonds is 11. The summed E-state index contributed by atoms with van der Waals surface area (Å²) in [4.78, 5) is 66.8. The molecule has 3 amide bonds. The van der Waals surface area contributed by atoms with Crippen LogP contribution in [0.5, 0.6) is 0 Å². The van der Waals surface area contributed by atoms with Gasteiger partial charge >= 0.3 is 5.69 Å². The SMILES string of the molecule is CC(CN1CCN(c2ccc3c(c2F)n(C)c(=O)n3C2CCC(=O)NC2=O)CC1)Cn1cc(S(=O)(=O)N2CCC(Nc3ncc4c(n3)N(C3CCC[C@@H](O)C3)C(=O)C43CC3)CC2)cn1. The highest BCUT2D eigenvalue weighted by atomic mass is 32.2.